The summed E-state index contributed by atoms with van der Waals surface area (Å²) >= 11 is 0. The molecule has 1 aliphatic heterocycles. The highest BCUT2D eigenvalue weighted by Crippen LogP contribution is 2.54. The van der Waals surface area contributed by atoms with Crippen molar-refractivity contribution in [1.82, 2.24) is 10.2 Å². The SMILES string of the molecule is C=CCN1CCC2(c3cccc(OC)c3)CC(NC(=O)CCCCCc3ccccc3)CCC2(OC(C)=O)C1. The Kier molecular flexibility index (Phi) is 9.84. The number of benzene rings is 2. The van der Waals surface area contributed by atoms with E-state index in [-0.39, 0.29) is 17.9 Å². The molecule has 2 fully saturated rings. The van der Waals surface area contributed by atoms with Gasteiger partial charge in [-0.05, 0) is 74.8 Å². The molecule has 1 N–H and O–H groups in total. The maximum absolute atomic E-state index is 13.0. The van der Waals surface area contributed by atoms with Crippen LogP contribution in [0.25, 0.3) is 0 Å². The van der Waals surface area contributed by atoms with Gasteiger partial charge in [-0.25, -0.2) is 0 Å². The van der Waals surface area contributed by atoms with E-state index in [0.29, 0.717) is 19.4 Å². The van der Waals surface area contributed by atoms with Gasteiger partial charge in [-0.1, -0.05) is 55.0 Å². The van der Waals surface area contributed by atoms with Crippen molar-refractivity contribution in [1.29, 1.82) is 0 Å². The Bertz CT molecular complexity index is 1120. The number of carbonyl (C=O) groups is 2. The van der Waals surface area contributed by atoms with Crippen LogP contribution in [0.1, 0.15) is 69.4 Å². The van der Waals surface area contributed by atoms with Gasteiger partial charge in [0.25, 0.3) is 0 Å². The minimum Gasteiger partial charge on any atom is -0.497 e. The lowest BCUT2D eigenvalue weighted by Crippen LogP contribution is -2.68. The highest BCUT2D eigenvalue weighted by Gasteiger charge is 2.60. The molecule has 3 atom stereocenters. The Labute approximate surface area is 233 Å². The van der Waals surface area contributed by atoms with E-state index in [1.54, 1.807) is 7.11 Å². The first-order chi connectivity index (χ1) is 18.9. The molecule has 1 saturated carbocycles. The Hall–Kier alpha value is -3.12. The lowest BCUT2D eigenvalue weighted by molar-refractivity contribution is -0.186. The molecule has 6 nitrogen and oxygen atoms in total. The summed E-state index contributed by atoms with van der Waals surface area (Å²) in [6.45, 7) is 7.70. The molecule has 1 aliphatic carbocycles. The number of esters is 1. The second-order valence-electron chi connectivity index (χ2n) is 11.2. The fraction of sp³-hybridized carbons (Fsp3) is 0.515. The number of aryl methyl sites for hydroxylation is 1. The van der Waals surface area contributed by atoms with Crippen molar-refractivity contribution in [3.05, 3.63) is 78.4 Å². The summed E-state index contributed by atoms with van der Waals surface area (Å²) in [6.07, 6.45) is 9.55. The molecular weight excluding hydrogens is 488 g/mol. The predicted molar refractivity (Wildman–Crippen MR) is 155 cm³/mol. The van der Waals surface area contributed by atoms with Crippen LogP contribution in [-0.2, 0) is 26.2 Å². The van der Waals surface area contributed by atoms with Crippen molar-refractivity contribution in [3.8, 4) is 5.75 Å². The van der Waals surface area contributed by atoms with Crippen LogP contribution < -0.4 is 10.1 Å². The molecule has 39 heavy (non-hydrogen) atoms. The van der Waals surface area contributed by atoms with Crippen LogP contribution in [-0.4, -0.2) is 55.2 Å². The largest absolute Gasteiger partial charge is 0.497 e. The molecule has 2 aliphatic rings. The first kappa shape index (κ1) is 28.9. The number of hydrogen-bond acceptors (Lipinski definition) is 5. The van der Waals surface area contributed by atoms with E-state index >= 15 is 0 Å². The molecule has 0 bridgehead atoms. The van der Waals surface area contributed by atoms with Gasteiger partial charge in [0, 0.05) is 37.9 Å². The minimum absolute atomic E-state index is 0.0302. The number of fused-ring (bicyclic) bond motifs is 1. The van der Waals surface area contributed by atoms with Crippen LogP contribution in [0.15, 0.2) is 67.3 Å². The number of nitrogens with one attached hydrogen (secondary N) is 1. The molecule has 1 amide bonds. The summed E-state index contributed by atoms with van der Waals surface area (Å²) in [5.41, 5.74) is 1.37. The zero-order chi connectivity index (χ0) is 27.7. The molecule has 0 radical (unpaired) electrons. The topological polar surface area (TPSA) is 67.9 Å². The number of amides is 1. The van der Waals surface area contributed by atoms with Gasteiger partial charge in [-0.3, -0.25) is 14.5 Å². The molecule has 3 unspecified atom stereocenters. The number of piperidine rings is 1. The molecule has 1 heterocycles. The van der Waals surface area contributed by atoms with Gasteiger partial charge in [-0.15, -0.1) is 6.58 Å². The van der Waals surface area contributed by atoms with Crippen molar-refractivity contribution in [3.63, 3.8) is 0 Å². The van der Waals surface area contributed by atoms with Gasteiger partial charge in [0.2, 0.25) is 5.91 Å². The Morgan fingerprint density at radius 3 is 2.67 bits per heavy atom. The monoisotopic (exact) mass is 532 g/mol. The van der Waals surface area contributed by atoms with Crippen LogP contribution in [0.2, 0.25) is 0 Å². The molecule has 210 valence electrons. The van der Waals surface area contributed by atoms with Crippen molar-refractivity contribution < 1.29 is 19.1 Å². The molecule has 0 spiro atoms. The van der Waals surface area contributed by atoms with E-state index in [2.05, 4.69) is 53.2 Å². The molecule has 2 aromatic rings. The average molecular weight is 533 g/mol. The third-order valence-corrected chi connectivity index (χ3v) is 8.62. The fourth-order valence-corrected chi connectivity index (χ4v) is 6.80. The molecule has 6 heteroatoms. The van der Waals surface area contributed by atoms with Crippen LogP contribution in [0.3, 0.4) is 0 Å². The normalized spacial score (nSPS) is 24.8. The van der Waals surface area contributed by atoms with Crippen LogP contribution in [0, 0.1) is 0 Å². The summed E-state index contributed by atoms with van der Waals surface area (Å²) in [5, 5.41) is 3.35. The predicted octanol–water partition coefficient (Wildman–Crippen LogP) is 5.60. The minimum atomic E-state index is -0.675. The molecule has 0 aromatic heterocycles. The number of methoxy groups -OCH3 is 1. The summed E-state index contributed by atoms with van der Waals surface area (Å²) in [4.78, 5) is 27.8. The number of ether oxygens (including phenoxy) is 2. The van der Waals surface area contributed by atoms with Gasteiger partial charge in [0.1, 0.15) is 11.4 Å². The van der Waals surface area contributed by atoms with Crippen molar-refractivity contribution in [2.45, 2.75) is 81.8 Å². The molecule has 1 saturated heterocycles. The lowest BCUT2D eigenvalue weighted by Gasteiger charge is -2.59. The number of nitrogens with zero attached hydrogens (tertiary/aromatic N) is 1. The van der Waals surface area contributed by atoms with Gasteiger partial charge in [0.05, 0.1) is 7.11 Å². The summed E-state index contributed by atoms with van der Waals surface area (Å²) in [6, 6.07) is 18.7. The van der Waals surface area contributed by atoms with Crippen LogP contribution in [0.5, 0.6) is 5.75 Å². The Morgan fingerprint density at radius 1 is 1.10 bits per heavy atom. The van der Waals surface area contributed by atoms with E-state index in [0.717, 1.165) is 69.3 Å². The third kappa shape index (κ3) is 6.91. The number of carbonyl (C=O) groups excluding carboxylic acids is 2. The second kappa shape index (κ2) is 13.3. The highest BCUT2D eigenvalue weighted by molar-refractivity contribution is 5.76. The maximum Gasteiger partial charge on any atom is 0.303 e. The Balaban J connectivity index is 1.46. The molecule has 2 aromatic carbocycles. The van der Waals surface area contributed by atoms with Crippen molar-refractivity contribution in [2.75, 3.05) is 26.7 Å². The third-order valence-electron chi connectivity index (χ3n) is 8.62. The zero-order valence-corrected chi connectivity index (χ0v) is 23.6. The van der Waals surface area contributed by atoms with Crippen LogP contribution >= 0.6 is 0 Å². The van der Waals surface area contributed by atoms with Gasteiger partial charge < -0.3 is 14.8 Å². The van der Waals surface area contributed by atoms with E-state index in [9.17, 15) is 9.59 Å². The summed E-state index contributed by atoms with van der Waals surface area (Å²) in [5.74, 6) is 0.638. The quantitative estimate of drug-likeness (QED) is 0.219. The second-order valence-corrected chi connectivity index (χ2v) is 11.2. The smallest absolute Gasteiger partial charge is 0.303 e. The number of rotatable bonds is 12. The Morgan fingerprint density at radius 2 is 1.92 bits per heavy atom. The fourth-order valence-electron chi connectivity index (χ4n) is 6.80. The first-order valence-electron chi connectivity index (χ1n) is 14.4. The van der Waals surface area contributed by atoms with E-state index in [4.69, 9.17) is 9.47 Å². The van der Waals surface area contributed by atoms with Gasteiger partial charge in [0.15, 0.2) is 0 Å². The van der Waals surface area contributed by atoms with Crippen molar-refractivity contribution >= 4 is 11.9 Å². The van der Waals surface area contributed by atoms with Gasteiger partial charge in [-0.2, -0.15) is 0 Å². The number of likely N-dealkylation sites (tertiary alicyclic amines) is 1. The van der Waals surface area contributed by atoms with Gasteiger partial charge >= 0.3 is 5.97 Å². The van der Waals surface area contributed by atoms with Crippen molar-refractivity contribution in [2.24, 2.45) is 0 Å². The highest BCUT2D eigenvalue weighted by atomic mass is 16.6. The average Bonchev–Trinajstić information content (AvgIpc) is 2.93. The summed E-state index contributed by atoms with van der Waals surface area (Å²) < 4.78 is 11.9. The summed E-state index contributed by atoms with van der Waals surface area (Å²) in [7, 11) is 1.67. The lowest BCUT2D eigenvalue weighted by atomic mass is 9.55. The standard InChI is InChI=1S/C33H44N2O4/c1-4-21-35-22-20-32(28-15-11-16-30(23-28)38-3)24-29(18-19-33(32,25-35)39-26(2)36)34-31(37)17-10-6-9-14-27-12-7-5-8-13-27/h4-5,7-8,11-13,15-16,23,29H,1,6,9-10,14,17-22,24-25H2,2-3H3,(H,34,37). The maximum atomic E-state index is 13.0. The molecule has 4 rings (SSSR count). The first-order valence-corrected chi connectivity index (χ1v) is 14.4. The van der Waals surface area contributed by atoms with E-state index in [1.165, 1.54) is 12.5 Å². The van der Waals surface area contributed by atoms with E-state index in [1.807, 2.05) is 24.3 Å². The zero-order valence-electron chi connectivity index (χ0n) is 23.6. The molecular formula is C33H44N2O4. The van der Waals surface area contributed by atoms with Crippen LogP contribution in [0.4, 0.5) is 0 Å². The van der Waals surface area contributed by atoms with E-state index < -0.39 is 11.0 Å². The number of unbranched alkanes of at least 4 members (excludes halogenated alkanes) is 2. The number of hydrogen-bond donors (Lipinski definition) is 1.